The van der Waals surface area contributed by atoms with E-state index in [1.54, 1.807) is 18.2 Å². The molecule has 0 fully saturated rings. The highest BCUT2D eigenvalue weighted by Crippen LogP contribution is 2.26. The quantitative estimate of drug-likeness (QED) is 0.902. The standard InChI is InChI=1S/C16H15FN2O3S/c17-13-4-1-11(2-5-13)10-23(21,22)19-14-6-7-15-12(9-14)3-8-16(20)18-15/h1-2,4-7,9,19H,3,8,10H2,(H,18,20). The third-order valence-electron chi connectivity index (χ3n) is 3.54. The fourth-order valence-corrected chi connectivity index (χ4v) is 3.65. The minimum Gasteiger partial charge on any atom is -0.326 e. The Labute approximate surface area is 133 Å². The second-order valence-corrected chi connectivity index (χ2v) is 7.13. The first-order valence-electron chi connectivity index (χ1n) is 7.09. The minimum atomic E-state index is -3.60. The van der Waals surface area contributed by atoms with Gasteiger partial charge in [0, 0.05) is 17.8 Å². The van der Waals surface area contributed by atoms with Crippen LogP contribution >= 0.6 is 0 Å². The van der Waals surface area contributed by atoms with Crippen LogP contribution in [0.1, 0.15) is 17.5 Å². The second kappa shape index (κ2) is 6.00. The van der Waals surface area contributed by atoms with Crippen molar-refractivity contribution in [3.05, 3.63) is 59.4 Å². The topological polar surface area (TPSA) is 75.3 Å². The summed E-state index contributed by atoms with van der Waals surface area (Å²) in [4.78, 5) is 11.3. The van der Waals surface area contributed by atoms with E-state index in [2.05, 4.69) is 10.0 Å². The van der Waals surface area contributed by atoms with Crippen LogP contribution in [0.2, 0.25) is 0 Å². The molecule has 2 N–H and O–H groups in total. The summed E-state index contributed by atoms with van der Waals surface area (Å²) in [5.41, 5.74) is 2.56. The summed E-state index contributed by atoms with van der Waals surface area (Å²) < 4.78 is 39.8. The number of rotatable bonds is 4. The maximum atomic E-state index is 12.9. The van der Waals surface area contributed by atoms with E-state index >= 15 is 0 Å². The van der Waals surface area contributed by atoms with Crippen LogP contribution in [0.5, 0.6) is 0 Å². The number of benzene rings is 2. The van der Waals surface area contributed by atoms with Crippen molar-refractivity contribution in [3.8, 4) is 0 Å². The molecule has 1 aliphatic heterocycles. The van der Waals surface area contributed by atoms with Crippen molar-refractivity contribution in [2.75, 3.05) is 10.0 Å². The van der Waals surface area contributed by atoms with E-state index < -0.39 is 15.8 Å². The molecule has 0 unspecified atom stereocenters. The van der Waals surface area contributed by atoms with Crippen molar-refractivity contribution in [2.24, 2.45) is 0 Å². The lowest BCUT2D eigenvalue weighted by atomic mass is 10.0. The van der Waals surface area contributed by atoms with Crippen LogP contribution in [-0.4, -0.2) is 14.3 Å². The molecule has 0 bridgehead atoms. The first-order chi connectivity index (χ1) is 10.9. The number of amides is 1. The molecule has 1 amide bonds. The molecule has 0 aromatic heterocycles. The van der Waals surface area contributed by atoms with Gasteiger partial charge in [0.1, 0.15) is 5.82 Å². The summed E-state index contributed by atoms with van der Waals surface area (Å²) in [7, 11) is -3.60. The van der Waals surface area contributed by atoms with E-state index in [9.17, 15) is 17.6 Å². The average molecular weight is 334 g/mol. The molecule has 0 radical (unpaired) electrons. The molecule has 1 heterocycles. The summed E-state index contributed by atoms with van der Waals surface area (Å²) in [5, 5.41) is 2.74. The van der Waals surface area contributed by atoms with Gasteiger partial charge in [-0.1, -0.05) is 12.1 Å². The van der Waals surface area contributed by atoms with Crippen LogP contribution in [0.4, 0.5) is 15.8 Å². The van der Waals surface area contributed by atoms with Gasteiger partial charge >= 0.3 is 0 Å². The zero-order valence-electron chi connectivity index (χ0n) is 12.2. The number of fused-ring (bicyclic) bond motifs is 1. The molecule has 0 saturated carbocycles. The Morgan fingerprint density at radius 2 is 1.83 bits per heavy atom. The molecule has 0 saturated heterocycles. The number of carbonyl (C=O) groups is 1. The monoisotopic (exact) mass is 334 g/mol. The largest absolute Gasteiger partial charge is 0.326 e. The van der Waals surface area contributed by atoms with Crippen LogP contribution < -0.4 is 10.0 Å². The Kier molecular flexibility index (Phi) is 4.04. The van der Waals surface area contributed by atoms with Crippen molar-refractivity contribution < 1.29 is 17.6 Å². The highest BCUT2D eigenvalue weighted by atomic mass is 32.2. The Morgan fingerprint density at radius 3 is 2.57 bits per heavy atom. The lowest BCUT2D eigenvalue weighted by Gasteiger charge is -2.18. The Bertz CT molecular complexity index is 848. The van der Waals surface area contributed by atoms with Crippen LogP contribution in [0.3, 0.4) is 0 Å². The van der Waals surface area contributed by atoms with E-state index in [4.69, 9.17) is 0 Å². The highest BCUT2D eigenvalue weighted by molar-refractivity contribution is 7.91. The maximum Gasteiger partial charge on any atom is 0.236 e. The highest BCUT2D eigenvalue weighted by Gasteiger charge is 2.17. The van der Waals surface area contributed by atoms with Crippen LogP contribution in [0.15, 0.2) is 42.5 Å². The fourth-order valence-electron chi connectivity index (χ4n) is 2.46. The Balaban J connectivity index is 1.75. The Morgan fingerprint density at radius 1 is 1.09 bits per heavy atom. The van der Waals surface area contributed by atoms with Gasteiger partial charge in [-0.25, -0.2) is 12.8 Å². The summed E-state index contributed by atoms with van der Waals surface area (Å²) in [6, 6.07) is 10.3. The molecular weight excluding hydrogens is 319 g/mol. The number of aryl methyl sites for hydroxylation is 1. The predicted octanol–water partition coefficient (Wildman–Crippen LogP) is 2.65. The zero-order chi connectivity index (χ0) is 16.4. The van der Waals surface area contributed by atoms with Gasteiger partial charge in [0.05, 0.1) is 5.75 Å². The summed E-state index contributed by atoms with van der Waals surface area (Å²) in [6.07, 6.45) is 0.966. The van der Waals surface area contributed by atoms with E-state index in [0.717, 1.165) is 5.56 Å². The molecule has 5 nitrogen and oxygen atoms in total. The van der Waals surface area contributed by atoms with Gasteiger partial charge in [0.25, 0.3) is 0 Å². The van der Waals surface area contributed by atoms with Gasteiger partial charge < -0.3 is 5.32 Å². The number of carbonyl (C=O) groups excluding carboxylic acids is 1. The normalized spacial score (nSPS) is 14.0. The summed E-state index contributed by atoms with van der Waals surface area (Å²) >= 11 is 0. The van der Waals surface area contributed by atoms with Crippen molar-refractivity contribution in [1.82, 2.24) is 0 Å². The molecule has 23 heavy (non-hydrogen) atoms. The van der Waals surface area contributed by atoms with Crippen LogP contribution in [-0.2, 0) is 27.0 Å². The summed E-state index contributed by atoms with van der Waals surface area (Å²) in [5.74, 6) is -0.681. The molecule has 7 heteroatoms. The van der Waals surface area contributed by atoms with Crippen molar-refractivity contribution in [1.29, 1.82) is 0 Å². The molecule has 3 rings (SSSR count). The third kappa shape index (κ3) is 3.87. The van der Waals surface area contributed by atoms with Crippen molar-refractivity contribution >= 4 is 27.3 Å². The zero-order valence-corrected chi connectivity index (χ0v) is 13.0. The first-order valence-corrected chi connectivity index (χ1v) is 8.74. The van der Waals surface area contributed by atoms with Gasteiger partial charge in [0.15, 0.2) is 0 Å². The molecule has 0 aliphatic carbocycles. The smallest absolute Gasteiger partial charge is 0.236 e. The molecule has 0 spiro atoms. The van der Waals surface area contributed by atoms with E-state index in [-0.39, 0.29) is 11.7 Å². The maximum absolute atomic E-state index is 12.9. The number of hydrogen-bond donors (Lipinski definition) is 2. The second-order valence-electron chi connectivity index (χ2n) is 5.41. The molecule has 1 aliphatic rings. The molecular formula is C16H15FN2O3S. The van der Waals surface area contributed by atoms with Crippen molar-refractivity contribution in [3.63, 3.8) is 0 Å². The molecule has 0 atom stereocenters. The number of sulfonamides is 1. The van der Waals surface area contributed by atoms with Crippen molar-refractivity contribution in [2.45, 2.75) is 18.6 Å². The van der Waals surface area contributed by atoms with E-state index in [1.807, 2.05) is 0 Å². The van der Waals surface area contributed by atoms with Gasteiger partial charge in [-0.2, -0.15) is 0 Å². The molecule has 2 aromatic carbocycles. The van der Waals surface area contributed by atoms with E-state index in [0.29, 0.717) is 29.8 Å². The van der Waals surface area contributed by atoms with Crippen LogP contribution in [0, 0.1) is 5.82 Å². The molecule has 120 valence electrons. The van der Waals surface area contributed by atoms with Gasteiger partial charge in [-0.15, -0.1) is 0 Å². The SMILES string of the molecule is O=C1CCc2cc(NS(=O)(=O)Cc3ccc(F)cc3)ccc2N1. The fraction of sp³-hybridized carbons (Fsp3) is 0.188. The number of nitrogens with one attached hydrogen (secondary N) is 2. The molecule has 2 aromatic rings. The lowest BCUT2D eigenvalue weighted by Crippen LogP contribution is -2.20. The number of halogens is 1. The predicted molar refractivity (Wildman–Crippen MR) is 86.0 cm³/mol. The average Bonchev–Trinajstić information content (AvgIpc) is 2.49. The Hall–Kier alpha value is -2.41. The first kappa shape index (κ1) is 15.5. The lowest BCUT2D eigenvalue weighted by molar-refractivity contribution is -0.116. The van der Waals surface area contributed by atoms with E-state index in [1.165, 1.54) is 24.3 Å². The van der Waals surface area contributed by atoms with Gasteiger partial charge in [0.2, 0.25) is 15.9 Å². The minimum absolute atomic E-state index is 0.0397. The summed E-state index contributed by atoms with van der Waals surface area (Å²) in [6.45, 7) is 0. The van der Waals surface area contributed by atoms with Gasteiger partial charge in [-0.3, -0.25) is 9.52 Å². The number of anilines is 2. The van der Waals surface area contributed by atoms with Gasteiger partial charge in [-0.05, 0) is 47.9 Å². The van der Waals surface area contributed by atoms with Crippen LogP contribution in [0.25, 0.3) is 0 Å². The number of hydrogen-bond acceptors (Lipinski definition) is 3. The third-order valence-corrected chi connectivity index (χ3v) is 4.80.